The fourth-order valence-corrected chi connectivity index (χ4v) is 2.31. The molecule has 1 aliphatic heterocycles. The molecule has 4 nitrogen and oxygen atoms in total. The highest BCUT2D eigenvalue weighted by Crippen LogP contribution is 2.20. The zero-order valence-electron chi connectivity index (χ0n) is 10.1. The Morgan fingerprint density at radius 1 is 1.59 bits per heavy atom. The van der Waals surface area contributed by atoms with Gasteiger partial charge < -0.3 is 9.52 Å². The van der Waals surface area contributed by atoms with Crippen molar-refractivity contribution in [3.63, 3.8) is 0 Å². The number of ketones is 1. The van der Waals surface area contributed by atoms with Crippen LogP contribution in [0.1, 0.15) is 30.3 Å². The first-order chi connectivity index (χ1) is 8.16. The molecular weight excluding hydrogens is 218 g/mol. The fourth-order valence-electron chi connectivity index (χ4n) is 2.31. The van der Waals surface area contributed by atoms with Crippen LogP contribution in [0.5, 0.6) is 0 Å². The minimum atomic E-state index is -0.238. The third kappa shape index (κ3) is 3.17. The molecule has 1 saturated heterocycles. The molecule has 1 unspecified atom stereocenters. The van der Waals surface area contributed by atoms with Gasteiger partial charge in [0.05, 0.1) is 18.9 Å². The number of carbonyl (C=O) groups excluding carboxylic acids is 1. The monoisotopic (exact) mass is 237 g/mol. The molecule has 4 heteroatoms. The van der Waals surface area contributed by atoms with E-state index < -0.39 is 0 Å². The Balaban J connectivity index is 1.80. The standard InChI is InChI=1S/C13H19NO3/c1-10(15)11-4-6-14(7-5-11)9-12(16)13-3-2-8-17-13/h2-3,8,10-11,15H,4-7,9H2,1H3. The van der Waals surface area contributed by atoms with Crippen LogP contribution in [-0.4, -0.2) is 41.5 Å². The maximum Gasteiger partial charge on any atom is 0.211 e. The second-order valence-corrected chi connectivity index (χ2v) is 4.75. The van der Waals surface area contributed by atoms with E-state index in [0.29, 0.717) is 18.2 Å². The van der Waals surface area contributed by atoms with Crippen molar-refractivity contribution in [1.29, 1.82) is 0 Å². The average molecular weight is 237 g/mol. The van der Waals surface area contributed by atoms with E-state index in [1.807, 2.05) is 6.92 Å². The van der Waals surface area contributed by atoms with E-state index in [1.54, 1.807) is 12.1 Å². The molecule has 17 heavy (non-hydrogen) atoms. The van der Waals surface area contributed by atoms with Crippen LogP contribution in [0.4, 0.5) is 0 Å². The molecule has 94 valence electrons. The molecule has 0 bridgehead atoms. The topological polar surface area (TPSA) is 53.7 Å². The number of rotatable bonds is 4. The van der Waals surface area contributed by atoms with Crippen LogP contribution < -0.4 is 0 Å². The number of likely N-dealkylation sites (tertiary alicyclic amines) is 1. The van der Waals surface area contributed by atoms with Gasteiger partial charge in [-0.2, -0.15) is 0 Å². The number of hydrogen-bond donors (Lipinski definition) is 1. The molecule has 1 N–H and O–H groups in total. The normalized spacial score (nSPS) is 20.4. The van der Waals surface area contributed by atoms with Crippen LogP contribution in [0, 0.1) is 5.92 Å². The first-order valence-electron chi connectivity index (χ1n) is 6.14. The number of piperidine rings is 1. The summed E-state index contributed by atoms with van der Waals surface area (Å²) in [5.74, 6) is 0.845. The lowest BCUT2D eigenvalue weighted by molar-refractivity contribution is 0.0654. The average Bonchev–Trinajstić information content (AvgIpc) is 2.83. The molecule has 0 spiro atoms. The summed E-state index contributed by atoms with van der Waals surface area (Å²) in [4.78, 5) is 13.9. The smallest absolute Gasteiger partial charge is 0.211 e. The van der Waals surface area contributed by atoms with Crippen molar-refractivity contribution in [1.82, 2.24) is 4.90 Å². The van der Waals surface area contributed by atoms with E-state index in [0.717, 1.165) is 25.9 Å². The van der Waals surface area contributed by atoms with Crippen LogP contribution in [0.25, 0.3) is 0 Å². The highest BCUT2D eigenvalue weighted by molar-refractivity contribution is 5.94. The minimum Gasteiger partial charge on any atom is -0.461 e. The Hall–Kier alpha value is -1.13. The van der Waals surface area contributed by atoms with Crippen LogP contribution in [0.3, 0.4) is 0 Å². The number of aliphatic hydroxyl groups is 1. The summed E-state index contributed by atoms with van der Waals surface area (Å²) in [5, 5.41) is 9.50. The zero-order chi connectivity index (χ0) is 12.3. The van der Waals surface area contributed by atoms with Gasteiger partial charge in [0.15, 0.2) is 5.76 Å². The van der Waals surface area contributed by atoms with Crippen molar-refractivity contribution in [2.24, 2.45) is 5.92 Å². The highest BCUT2D eigenvalue weighted by Gasteiger charge is 2.24. The van der Waals surface area contributed by atoms with E-state index in [1.165, 1.54) is 6.26 Å². The third-order valence-corrected chi connectivity index (χ3v) is 3.48. The number of Topliss-reactive ketones (excluding diaryl/α,β-unsaturated/α-hetero) is 1. The first-order valence-corrected chi connectivity index (χ1v) is 6.14. The second-order valence-electron chi connectivity index (χ2n) is 4.75. The molecule has 1 atom stereocenters. The van der Waals surface area contributed by atoms with Gasteiger partial charge >= 0.3 is 0 Å². The summed E-state index contributed by atoms with van der Waals surface area (Å²) in [7, 11) is 0. The van der Waals surface area contributed by atoms with E-state index in [4.69, 9.17) is 4.42 Å². The molecule has 1 aromatic heterocycles. The molecule has 0 amide bonds. The molecular formula is C13H19NO3. The van der Waals surface area contributed by atoms with Crippen molar-refractivity contribution < 1.29 is 14.3 Å². The summed E-state index contributed by atoms with van der Waals surface area (Å²) in [5.41, 5.74) is 0. The van der Waals surface area contributed by atoms with Crippen LogP contribution >= 0.6 is 0 Å². The number of nitrogens with zero attached hydrogens (tertiary/aromatic N) is 1. The molecule has 1 aromatic rings. The summed E-state index contributed by atoms with van der Waals surface area (Å²) >= 11 is 0. The van der Waals surface area contributed by atoms with Crippen molar-refractivity contribution in [3.05, 3.63) is 24.2 Å². The van der Waals surface area contributed by atoms with Gasteiger partial charge in [0.2, 0.25) is 5.78 Å². The number of furan rings is 1. The summed E-state index contributed by atoms with van der Waals surface area (Å²) < 4.78 is 5.08. The number of carbonyl (C=O) groups is 1. The maximum absolute atomic E-state index is 11.8. The predicted octanol–water partition coefficient (Wildman–Crippen LogP) is 1.56. The molecule has 0 aliphatic carbocycles. The van der Waals surface area contributed by atoms with Crippen molar-refractivity contribution in [3.8, 4) is 0 Å². The van der Waals surface area contributed by atoms with Gasteiger partial charge in [0.25, 0.3) is 0 Å². The number of aliphatic hydroxyl groups excluding tert-OH is 1. The summed E-state index contributed by atoms with van der Waals surface area (Å²) in [6.07, 6.45) is 3.21. The van der Waals surface area contributed by atoms with E-state index in [2.05, 4.69) is 4.90 Å². The molecule has 0 aromatic carbocycles. The second kappa shape index (κ2) is 5.47. The maximum atomic E-state index is 11.8. The Bertz CT molecular complexity index is 351. The van der Waals surface area contributed by atoms with Gasteiger partial charge in [0.1, 0.15) is 0 Å². The lowest BCUT2D eigenvalue weighted by Crippen LogP contribution is -2.39. The lowest BCUT2D eigenvalue weighted by Gasteiger charge is -2.32. The molecule has 1 fully saturated rings. The van der Waals surface area contributed by atoms with E-state index in [-0.39, 0.29) is 11.9 Å². The predicted molar refractivity (Wildman–Crippen MR) is 63.9 cm³/mol. The molecule has 2 heterocycles. The van der Waals surface area contributed by atoms with Crippen LogP contribution in [0.2, 0.25) is 0 Å². The fraction of sp³-hybridized carbons (Fsp3) is 0.615. The van der Waals surface area contributed by atoms with Crippen molar-refractivity contribution in [2.45, 2.75) is 25.9 Å². The molecule has 0 radical (unpaired) electrons. The molecule has 1 aliphatic rings. The summed E-state index contributed by atoms with van der Waals surface area (Å²) in [6.45, 7) is 4.01. The zero-order valence-corrected chi connectivity index (χ0v) is 10.1. The van der Waals surface area contributed by atoms with Crippen LogP contribution in [-0.2, 0) is 0 Å². The largest absolute Gasteiger partial charge is 0.461 e. The first kappa shape index (κ1) is 12.3. The Labute approximate surface area is 101 Å². The van der Waals surface area contributed by atoms with E-state index in [9.17, 15) is 9.90 Å². The summed E-state index contributed by atoms with van der Waals surface area (Å²) in [6, 6.07) is 3.43. The lowest BCUT2D eigenvalue weighted by atomic mass is 9.92. The van der Waals surface area contributed by atoms with E-state index >= 15 is 0 Å². The van der Waals surface area contributed by atoms with Crippen molar-refractivity contribution in [2.75, 3.05) is 19.6 Å². The third-order valence-electron chi connectivity index (χ3n) is 3.48. The van der Waals surface area contributed by atoms with Gasteiger partial charge in [0, 0.05) is 0 Å². The van der Waals surface area contributed by atoms with Crippen molar-refractivity contribution >= 4 is 5.78 Å². The SMILES string of the molecule is CC(O)C1CCN(CC(=O)c2ccco2)CC1. The Kier molecular flexibility index (Phi) is 3.97. The van der Waals surface area contributed by atoms with Gasteiger partial charge in [-0.25, -0.2) is 0 Å². The highest BCUT2D eigenvalue weighted by atomic mass is 16.3. The number of hydrogen-bond acceptors (Lipinski definition) is 4. The molecule has 0 saturated carbocycles. The van der Waals surface area contributed by atoms with Gasteiger partial charge in [-0.05, 0) is 50.9 Å². The van der Waals surface area contributed by atoms with Crippen LogP contribution in [0.15, 0.2) is 22.8 Å². The van der Waals surface area contributed by atoms with Gasteiger partial charge in [-0.3, -0.25) is 9.69 Å². The Morgan fingerprint density at radius 3 is 2.82 bits per heavy atom. The quantitative estimate of drug-likeness (QED) is 0.807. The minimum absolute atomic E-state index is 0.0329. The molecule has 2 rings (SSSR count). The van der Waals surface area contributed by atoms with Gasteiger partial charge in [-0.15, -0.1) is 0 Å². The van der Waals surface area contributed by atoms with Gasteiger partial charge in [-0.1, -0.05) is 0 Å². The Morgan fingerprint density at radius 2 is 2.29 bits per heavy atom.